The minimum atomic E-state index is -0.314. The zero-order valence-electron chi connectivity index (χ0n) is 23.7. The maximum atomic E-state index is 12.8. The van der Waals surface area contributed by atoms with Gasteiger partial charge in [0.1, 0.15) is 6.54 Å². The second-order valence-electron chi connectivity index (χ2n) is 9.99. The molecular formula is C35H33N4O3+. The molecule has 3 amide bonds. The van der Waals surface area contributed by atoms with Crippen LogP contribution in [0.4, 0.5) is 17.1 Å². The molecule has 7 heteroatoms. The maximum absolute atomic E-state index is 12.8. The van der Waals surface area contributed by atoms with Gasteiger partial charge in [0.05, 0.1) is 0 Å². The summed E-state index contributed by atoms with van der Waals surface area (Å²) in [5.74, 6) is -0.781. The Labute approximate surface area is 245 Å². The van der Waals surface area contributed by atoms with Gasteiger partial charge in [0.2, 0.25) is 5.52 Å². The Kier molecular flexibility index (Phi) is 8.68. The molecule has 0 radical (unpaired) electrons. The minimum absolute atomic E-state index is 0.210. The number of anilines is 3. The quantitative estimate of drug-likeness (QED) is 0.173. The molecule has 0 unspecified atom stereocenters. The lowest BCUT2D eigenvalue weighted by Crippen LogP contribution is -2.32. The number of carbonyl (C=O) groups is 3. The van der Waals surface area contributed by atoms with Gasteiger partial charge in [-0.3, -0.25) is 14.4 Å². The maximum Gasteiger partial charge on any atom is 0.255 e. The first-order chi connectivity index (χ1) is 20.4. The topological polar surface area (TPSA) is 91.2 Å². The number of aryl methyl sites for hydroxylation is 2. The van der Waals surface area contributed by atoms with Gasteiger partial charge in [-0.25, -0.2) is 0 Å². The van der Waals surface area contributed by atoms with Crippen molar-refractivity contribution in [2.24, 2.45) is 0 Å². The van der Waals surface area contributed by atoms with Gasteiger partial charge in [0.15, 0.2) is 6.20 Å². The Hall–Kier alpha value is -5.30. The molecule has 3 N–H and O–H groups in total. The van der Waals surface area contributed by atoms with Crippen LogP contribution in [0.15, 0.2) is 109 Å². The molecule has 0 aliphatic heterocycles. The van der Waals surface area contributed by atoms with E-state index in [-0.39, 0.29) is 17.7 Å². The monoisotopic (exact) mass is 557 g/mol. The van der Waals surface area contributed by atoms with Crippen LogP contribution < -0.4 is 20.5 Å². The number of carbonyl (C=O) groups excluding carboxylic acids is 3. The molecule has 1 heterocycles. The van der Waals surface area contributed by atoms with E-state index in [1.807, 2.05) is 60.8 Å². The van der Waals surface area contributed by atoms with Gasteiger partial charge in [-0.1, -0.05) is 31.5 Å². The molecule has 0 aliphatic carbocycles. The lowest BCUT2D eigenvalue weighted by atomic mass is 10.1. The van der Waals surface area contributed by atoms with E-state index < -0.39 is 0 Å². The van der Waals surface area contributed by atoms with Crippen molar-refractivity contribution in [3.05, 3.63) is 132 Å². The summed E-state index contributed by atoms with van der Waals surface area (Å²) in [6.07, 6.45) is 3.90. The SMILES string of the molecule is CCCc1ccccc1NC(=O)c1ccc(NC(=O)c2ccc(C(=O)Nc3ccc4c(ccc[n+]4CC)c3)cc2)cc1. The highest BCUT2D eigenvalue weighted by Gasteiger charge is 2.13. The summed E-state index contributed by atoms with van der Waals surface area (Å²) in [4.78, 5) is 38.5. The molecule has 1 aromatic heterocycles. The van der Waals surface area contributed by atoms with E-state index in [9.17, 15) is 14.4 Å². The van der Waals surface area contributed by atoms with Crippen LogP contribution in [-0.4, -0.2) is 17.7 Å². The van der Waals surface area contributed by atoms with Crippen molar-refractivity contribution in [3.8, 4) is 0 Å². The van der Waals surface area contributed by atoms with Crippen LogP contribution in [0.5, 0.6) is 0 Å². The zero-order chi connectivity index (χ0) is 29.5. The average Bonchev–Trinajstić information content (AvgIpc) is 3.02. The number of fused-ring (bicyclic) bond motifs is 1. The molecule has 4 aromatic carbocycles. The first-order valence-electron chi connectivity index (χ1n) is 14.1. The largest absolute Gasteiger partial charge is 0.322 e. The first kappa shape index (κ1) is 28.2. The molecule has 0 aliphatic rings. The van der Waals surface area contributed by atoms with Crippen molar-refractivity contribution in [3.63, 3.8) is 0 Å². The smallest absolute Gasteiger partial charge is 0.255 e. The van der Waals surface area contributed by atoms with Crippen molar-refractivity contribution in [1.29, 1.82) is 0 Å². The van der Waals surface area contributed by atoms with Crippen LogP contribution in [0.25, 0.3) is 10.9 Å². The highest BCUT2D eigenvalue weighted by atomic mass is 16.2. The number of nitrogens with zero attached hydrogens (tertiary/aromatic N) is 1. The highest BCUT2D eigenvalue weighted by molar-refractivity contribution is 6.08. The summed E-state index contributed by atoms with van der Waals surface area (Å²) in [6, 6.07) is 30.8. The fraction of sp³-hybridized carbons (Fsp3) is 0.143. The number of pyridine rings is 1. The number of rotatable bonds is 9. The van der Waals surface area contributed by atoms with Gasteiger partial charge in [-0.05, 0) is 91.7 Å². The Bertz CT molecular complexity index is 1750. The van der Waals surface area contributed by atoms with Gasteiger partial charge in [-0.15, -0.1) is 0 Å². The summed E-state index contributed by atoms with van der Waals surface area (Å²) >= 11 is 0. The van der Waals surface area contributed by atoms with Crippen molar-refractivity contribution in [1.82, 2.24) is 0 Å². The summed E-state index contributed by atoms with van der Waals surface area (Å²) in [6.45, 7) is 5.05. The summed E-state index contributed by atoms with van der Waals surface area (Å²) < 4.78 is 2.14. The number of aromatic nitrogens is 1. The van der Waals surface area contributed by atoms with E-state index in [0.29, 0.717) is 28.1 Å². The van der Waals surface area contributed by atoms with E-state index >= 15 is 0 Å². The van der Waals surface area contributed by atoms with Crippen molar-refractivity contribution in [2.75, 3.05) is 16.0 Å². The zero-order valence-corrected chi connectivity index (χ0v) is 23.7. The number of amides is 3. The molecule has 0 atom stereocenters. The lowest BCUT2D eigenvalue weighted by Gasteiger charge is -2.11. The fourth-order valence-electron chi connectivity index (χ4n) is 4.84. The predicted octanol–water partition coefficient (Wildman–Crippen LogP) is 6.86. The molecule has 7 nitrogen and oxygen atoms in total. The molecule has 0 bridgehead atoms. The second-order valence-corrected chi connectivity index (χ2v) is 9.99. The Morgan fingerprint density at radius 2 is 1.19 bits per heavy atom. The summed E-state index contributed by atoms with van der Waals surface area (Å²) in [5.41, 5.74) is 5.61. The van der Waals surface area contributed by atoms with Crippen LogP contribution in [0.3, 0.4) is 0 Å². The van der Waals surface area contributed by atoms with Gasteiger partial charge in [0, 0.05) is 51.3 Å². The highest BCUT2D eigenvalue weighted by Crippen LogP contribution is 2.20. The minimum Gasteiger partial charge on any atom is -0.322 e. The van der Waals surface area contributed by atoms with Gasteiger partial charge in [0.25, 0.3) is 17.7 Å². The lowest BCUT2D eigenvalue weighted by molar-refractivity contribution is -0.667. The average molecular weight is 558 g/mol. The Morgan fingerprint density at radius 3 is 1.83 bits per heavy atom. The summed E-state index contributed by atoms with van der Waals surface area (Å²) in [5, 5.41) is 9.79. The van der Waals surface area contributed by atoms with E-state index in [1.54, 1.807) is 48.5 Å². The van der Waals surface area contributed by atoms with Crippen LogP contribution in [0.2, 0.25) is 0 Å². The number of benzene rings is 4. The number of hydrogen-bond acceptors (Lipinski definition) is 3. The Morgan fingerprint density at radius 1 is 0.619 bits per heavy atom. The van der Waals surface area contributed by atoms with Crippen LogP contribution in [-0.2, 0) is 13.0 Å². The first-order valence-corrected chi connectivity index (χ1v) is 14.1. The van der Waals surface area contributed by atoms with Gasteiger partial charge in [-0.2, -0.15) is 4.57 Å². The van der Waals surface area contributed by atoms with E-state index in [0.717, 1.165) is 41.5 Å². The van der Waals surface area contributed by atoms with Crippen LogP contribution in [0.1, 0.15) is 56.9 Å². The van der Waals surface area contributed by atoms with E-state index in [4.69, 9.17) is 0 Å². The normalized spacial score (nSPS) is 10.7. The number of para-hydroxylation sites is 1. The molecule has 0 fully saturated rings. The van der Waals surface area contributed by atoms with Gasteiger partial charge >= 0.3 is 0 Å². The third kappa shape index (κ3) is 6.53. The molecule has 210 valence electrons. The van der Waals surface area contributed by atoms with E-state index in [2.05, 4.69) is 34.4 Å². The van der Waals surface area contributed by atoms with Crippen molar-refractivity contribution in [2.45, 2.75) is 33.2 Å². The third-order valence-electron chi connectivity index (χ3n) is 7.08. The Balaban J connectivity index is 1.19. The molecule has 5 aromatic rings. The number of hydrogen-bond donors (Lipinski definition) is 3. The second kappa shape index (κ2) is 12.9. The molecule has 0 spiro atoms. The standard InChI is InChI=1S/C35H32N4O3/c1-3-8-24-9-5-6-11-31(24)38-35(42)27-16-18-29(19-17-27)36-33(40)25-12-14-26(15-13-25)34(41)37-30-20-21-32-28(23-30)10-7-22-39(32)4-2/h5-7,9-23H,3-4,8H2,1-2H3,(H2-,36,37,38,40,41,42)/p+1. The third-order valence-corrected chi connectivity index (χ3v) is 7.08. The molecular weight excluding hydrogens is 524 g/mol. The molecule has 42 heavy (non-hydrogen) atoms. The fourth-order valence-corrected chi connectivity index (χ4v) is 4.84. The van der Waals surface area contributed by atoms with Crippen molar-refractivity contribution < 1.29 is 19.0 Å². The summed E-state index contributed by atoms with van der Waals surface area (Å²) in [7, 11) is 0. The van der Waals surface area contributed by atoms with Crippen LogP contribution in [0, 0.1) is 0 Å². The van der Waals surface area contributed by atoms with Gasteiger partial charge < -0.3 is 16.0 Å². The predicted molar refractivity (Wildman–Crippen MR) is 167 cm³/mol. The molecule has 0 saturated carbocycles. The molecule has 5 rings (SSSR count). The molecule has 0 saturated heterocycles. The number of nitrogens with one attached hydrogen (secondary N) is 3. The van der Waals surface area contributed by atoms with Crippen molar-refractivity contribution >= 4 is 45.7 Å². The van der Waals surface area contributed by atoms with Crippen LogP contribution >= 0.6 is 0 Å². The van der Waals surface area contributed by atoms with E-state index in [1.165, 1.54) is 0 Å².